The highest BCUT2D eigenvalue weighted by molar-refractivity contribution is 7.99. The second-order valence-electron chi connectivity index (χ2n) is 9.66. The van der Waals surface area contributed by atoms with Crippen LogP contribution >= 0.6 is 11.8 Å². The van der Waals surface area contributed by atoms with E-state index in [1.807, 2.05) is 30.3 Å². The van der Waals surface area contributed by atoms with Crippen molar-refractivity contribution in [2.45, 2.75) is 22.9 Å². The lowest BCUT2D eigenvalue weighted by Gasteiger charge is -2.23. The van der Waals surface area contributed by atoms with Gasteiger partial charge in [-0.1, -0.05) is 59.7 Å². The van der Waals surface area contributed by atoms with Gasteiger partial charge in [-0.25, -0.2) is 8.42 Å². The van der Waals surface area contributed by atoms with Gasteiger partial charge in [0.2, 0.25) is 0 Å². The molecule has 4 aromatic rings. The number of carbonyl (C=O) groups excluding carboxylic acids is 1. The molecule has 0 saturated carbocycles. The van der Waals surface area contributed by atoms with Crippen LogP contribution in [0.5, 0.6) is 11.5 Å². The largest absolute Gasteiger partial charge is 0.497 e. The molecule has 0 N–H and O–H groups in total. The van der Waals surface area contributed by atoms with Gasteiger partial charge in [0.15, 0.2) is 15.6 Å². The Morgan fingerprint density at radius 3 is 2.00 bits per heavy atom. The minimum atomic E-state index is -3.88. The first-order valence-corrected chi connectivity index (χ1v) is 16.1. The van der Waals surface area contributed by atoms with Gasteiger partial charge in [-0.3, -0.25) is 9.69 Å². The quantitative estimate of drug-likeness (QED) is 0.0459. The first-order valence-electron chi connectivity index (χ1n) is 13.4. The molecule has 4 rings (SSSR count). The molecule has 0 fully saturated rings. The first-order chi connectivity index (χ1) is 20.8. The fraction of sp³-hybridized carbons (Fsp3) is 0.219. The second kappa shape index (κ2) is 15.3. The smallest absolute Gasteiger partial charge is 0.185 e. The number of hydrogen-bond acceptors (Lipinski definition) is 8. The molecule has 0 aliphatic rings. The highest BCUT2D eigenvalue weighted by atomic mass is 32.2. The standard InChI is InChI=1S/C32H32N4O5S2/c1-40-28-18-26(19-29(20-28)41-2)32(37)23-43(38,39)31-14-10-25(11-15-31)22-36(16-17-42-30-6-4-3-5-7-30)21-24-8-12-27(13-9-24)34-35-33/h3-15,18-20H,16-17,21-23H2,1-2H3. The van der Waals surface area contributed by atoms with Crippen molar-refractivity contribution in [3.63, 3.8) is 0 Å². The summed E-state index contributed by atoms with van der Waals surface area (Å²) < 4.78 is 36.7. The van der Waals surface area contributed by atoms with Gasteiger partial charge in [-0.2, -0.15) is 0 Å². The van der Waals surface area contributed by atoms with Crippen molar-refractivity contribution in [2.24, 2.45) is 5.11 Å². The second-order valence-corrected chi connectivity index (χ2v) is 12.8. The monoisotopic (exact) mass is 616 g/mol. The van der Waals surface area contributed by atoms with E-state index < -0.39 is 21.4 Å². The molecule has 0 unspecified atom stereocenters. The minimum Gasteiger partial charge on any atom is -0.497 e. The van der Waals surface area contributed by atoms with Crippen LogP contribution in [0.3, 0.4) is 0 Å². The Hall–Kier alpha value is -4.28. The summed E-state index contributed by atoms with van der Waals surface area (Å²) in [7, 11) is -0.948. The Balaban J connectivity index is 1.45. The number of methoxy groups -OCH3 is 2. The van der Waals surface area contributed by atoms with Gasteiger partial charge in [0.05, 0.1) is 19.1 Å². The summed E-state index contributed by atoms with van der Waals surface area (Å²) in [5.74, 6) is 0.461. The fourth-order valence-electron chi connectivity index (χ4n) is 4.37. The zero-order valence-electron chi connectivity index (χ0n) is 23.9. The molecule has 4 aromatic carbocycles. The third kappa shape index (κ3) is 9.36. The molecule has 11 heteroatoms. The third-order valence-corrected chi connectivity index (χ3v) is 9.23. The summed E-state index contributed by atoms with van der Waals surface area (Å²) in [6.45, 7) is 2.04. The number of rotatable bonds is 15. The Morgan fingerprint density at radius 1 is 0.860 bits per heavy atom. The summed E-state index contributed by atoms with van der Waals surface area (Å²) in [5.41, 5.74) is 11.4. The molecule has 0 aliphatic heterocycles. The number of thioether (sulfide) groups is 1. The van der Waals surface area contributed by atoms with Crippen LogP contribution in [0, 0.1) is 0 Å². The van der Waals surface area contributed by atoms with Crippen molar-refractivity contribution in [1.82, 2.24) is 4.90 Å². The number of ketones is 1. The normalized spacial score (nSPS) is 11.1. The molecular formula is C32H32N4O5S2. The third-order valence-electron chi connectivity index (χ3n) is 6.61. The minimum absolute atomic E-state index is 0.0827. The summed E-state index contributed by atoms with van der Waals surface area (Å²) in [4.78, 5) is 19.3. The average Bonchev–Trinajstić information content (AvgIpc) is 3.02. The zero-order chi connectivity index (χ0) is 30.7. The van der Waals surface area contributed by atoms with E-state index in [0.29, 0.717) is 30.3 Å². The number of carbonyl (C=O) groups is 1. The molecular weight excluding hydrogens is 585 g/mol. The molecule has 9 nitrogen and oxygen atoms in total. The number of sulfone groups is 1. The van der Waals surface area contributed by atoms with Crippen LogP contribution in [0.15, 0.2) is 112 Å². The van der Waals surface area contributed by atoms with Gasteiger partial charge < -0.3 is 9.47 Å². The Bertz CT molecular complexity index is 1650. The molecule has 43 heavy (non-hydrogen) atoms. The van der Waals surface area contributed by atoms with E-state index in [2.05, 4.69) is 27.1 Å². The molecule has 0 spiro atoms. The SMILES string of the molecule is COc1cc(OC)cc(C(=O)CS(=O)(=O)c2ccc(CN(CCSc3ccccc3)Cc3ccc(N=[N+]=[N-])cc3)cc2)c1. The maximum Gasteiger partial charge on any atom is 0.185 e. The van der Waals surface area contributed by atoms with Crippen LogP contribution in [-0.2, 0) is 22.9 Å². The predicted octanol–water partition coefficient (Wildman–Crippen LogP) is 7.10. The zero-order valence-corrected chi connectivity index (χ0v) is 25.6. The molecule has 0 saturated heterocycles. The van der Waals surface area contributed by atoms with Crippen LogP contribution in [-0.4, -0.2) is 51.4 Å². The summed E-state index contributed by atoms with van der Waals surface area (Å²) in [5, 5.41) is 3.64. The van der Waals surface area contributed by atoms with E-state index in [1.165, 1.54) is 31.2 Å². The summed E-state index contributed by atoms with van der Waals surface area (Å²) in [6, 6.07) is 28.9. The summed E-state index contributed by atoms with van der Waals surface area (Å²) >= 11 is 1.77. The maximum atomic E-state index is 13.1. The van der Waals surface area contributed by atoms with Gasteiger partial charge >= 0.3 is 0 Å². The molecule has 0 atom stereocenters. The maximum absolute atomic E-state index is 13.1. The lowest BCUT2D eigenvalue weighted by atomic mass is 10.1. The predicted molar refractivity (Wildman–Crippen MR) is 169 cm³/mol. The van der Waals surface area contributed by atoms with E-state index in [-0.39, 0.29) is 10.5 Å². The highest BCUT2D eigenvalue weighted by Gasteiger charge is 2.22. The molecule has 0 amide bonds. The van der Waals surface area contributed by atoms with E-state index in [9.17, 15) is 13.2 Å². The van der Waals surface area contributed by atoms with Crippen molar-refractivity contribution < 1.29 is 22.7 Å². The molecule has 0 aliphatic carbocycles. The van der Waals surface area contributed by atoms with Gasteiger partial charge in [-0.05, 0) is 53.1 Å². The van der Waals surface area contributed by atoms with Crippen molar-refractivity contribution in [1.29, 1.82) is 0 Å². The van der Waals surface area contributed by atoms with E-state index in [1.54, 1.807) is 54.2 Å². The summed E-state index contributed by atoms with van der Waals surface area (Å²) in [6.07, 6.45) is 0. The highest BCUT2D eigenvalue weighted by Crippen LogP contribution is 2.25. The molecule has 0 aromatic heterocycles. The van der Waals surface area contributed by atoms with Gasteiger partial charge in [0, 0.05) is 52.5 Å². The number of nitrogens with zero attached hydrogens (tertiary/aromatic N) is 4. The van der Waals surface area contributed by atoms with Crippen LogP contribution in [0.2, 0.25) is 0 Å². The fourth-order valence-corrected chi connectivity index (χ4v) is 6.53. The van der Waals surface area contributed by atoms with E-state index >= 15 is 0 Å². The van der Waals surface area contributed by atoms with Crippen LogP contribution < -0.4 is 9.47 Å². The van der Waals surface area contributed by atoms with Crippen molar-refractivity contribution in [3.8, 4) is 11.5 Å². The number of hydrogen-bond donors (Lipinski definition) is 0. The van der Waals surface area contributed by atoms with Crippen LogP contribution in [0.1, 0.15) is 21.5 Å². The Morgan fingerprint density at radius 2 is 1.44 bits per heavy atom. The molecule has 0 heterocycles. The van der Waals surface area contributed by atoms with E-state index in [4.69, 9.17) is 15.0 Å². The number of Topliss-reactive ketones (excluding diaryl/α,β-unsaturated/α-hetero) is 1. The van der Waals surface area contributed by atoms with Gasteiger partial charge in [0.25, 0.3) is 0 Å². The van der Waals surface area contributed by atoms with Gasteiger partial charge in [0.1, 0.15) is 17.3 Å². The van der Waals surface area contributed by atoms with E-state index in [0.717, 1.165) is 23.4 Å². The molecule has 0 radical (unpaired) electrons. The topological polar surface area (TPSA) is 122 Å². The first kappa shape index (κ1) is 31.7. The molecule has 0 bridgehead atoms. The lowest BCUT2D eigenvalue weighted by molar-refractivity contribution is 0.102. The Kier molecular flexibility index (Phi) is 11.2. The van der Waals surface area contributed by atoms with Crippen molar-refractivity contribution in [2.75, 3.05) is 32.3 Å². The van der Waals surface area contributed by atoms with Gasteiger partial charge in [-0.15, -0.1) is 11.8 Å². The van der Waals surface area contributed by atoms with Crippen LogP contribution in [0.4, 0.5) is 5.69 Å². The Labute approximate surface area is 256 Å². The average molecular weight is 617 g/mol. The van der Waals surface area contributed by atoms with Crippen molar-refractivity contribution in [3.05, 3.63) is 124 Å². The van der Waals surface area contributed by atoms with Crippen LogP contribution in [0.25, 0.3) is 10.4 Å². The number of benzene rings is 4. The number of ether oxygens (including phenoxy) is 2. The van der Waals surface area contributed by atoms with Crippen molar-refractivity contribution >= 4 is 33.1 Å². The number of azide groups is 1. The molecule has 222 valence electrons. The lowest BCUT2D eigenvalue weighted by Crippen LogP contribution is -2.25.